The Morgan fingerprint density at radius 2 is 2.55 bits per heavy atom. The summed E-state index contributed by atoms with van der Waals surface area (Å²) in [6, 6.07) is 0. The highest BCUT2D eigenvalue weighted by Crippen LogP contribution is 2.35. The van der Waals surface area contributed by atoms with Crippen LogP contribution in [0.15, 0.2) is 17.9 Å². The standard InChI is InChI=1S/C12H15N5O2S/c1-2-17-6-8(5-14-17)10-9(3-4-19-10)11(18)15-12-16-13-7-20-12/h5-7,9-10H,2-4H2,1H3,(H,15,16,18)/t9-,10+/m0/s1. The van der Waals surface area contributed by atoms with Gasteiger partial charge in [0.2, 0.25) is 11.0 Å². The summed E-state index contributed by atoms with van der Waals surface area (Å²) in [5.41, 5.74) is 2.53. The van der Waals surface area contributed by atoms with Crippen LogP contribution in [0.4, 0.5) is 5.13 Å². The maximum atomic E-state index is 12.3. The monoisotopic (exact) mass is 293 g/mol. The number of aromatic nitrogens is 4. The number of anilines is 1. The third kappa shape index (κ3) is 2.56. The van der Waals surface area contributed by atoms with E-state index >= 15 is 0 Å². The number of aryl methyl sites for hydroxylation is 1. The number of nitrogens with one attached hydrogen (secondary N) is 1. The van der Waals surface area contributed by atoms with Crippen molar-refractivity contribution >= 4 is 22.4 Å². The Hall–Kier alpha value is -1.80. The molecule has 3 heterocycles. The Kier molecular flexibility index (Phi) is 3.75. The van der Waals surface area contributed by atoms with E-state index in [4.69, 9.17) is 4.74 Å². The summed E-state index contributed by atoms with van der Waals surface area (Å²) in [4.78, 5) is 12.3. The quantitative estimate of drug-likeness (QED) is 0.923. The molecule has 1 amide bonds. The molecule has 1 fully saturated rings. The zero-order chi connectivity index (χ0) is 13.9. The molecule has 0 spiro atoms. The van der Waals surface area contributed by atoms with Gasteiger partial charge in [0.25, 0.3) is 0 Å². The average molecular weight is 293 g/mol. The van der Waals surface area contributed by atoms with Crippen molar-refractivity contribution in [1.82, 2.24) is 20.0 Å². The lowest BCUT2D eigenvalue weighted by molar-refractivity contribution is -0.121. The van der Waals surface area contributed by atoms with Crippen LogP contribution in [0.25, 0.3) is 0 Å². The molecule has 2 aromatic rings. The fourth-order valence-electron chi connectivity index (χ4n) is 2.31. The summed E-state index contributed by atoms with van der Waals surface area (Å²) in [7, 11) is 0. The molecule has 0 saturated carbocycles. The van der Waals surface area contributed by atoms with Crippen molar-refractivity contribution in [2.45, 2.75) is 26.0 Å². The fourth-order valence-corrected chi connectivity index (χ4v) is 2.76. The van der Waals surface area contributed by atoms with E-state index in [-0.39, 0.29) is 17.9 Å². The van der Waals surface area contributed by atoms with Gasteiger partial charge in [-0.25, -0.2) is 0 Å². The third-order valence-corrected chi connectivity index (χ3v) is 3.93. The summed E-state index contributed by atoms with van der Waals surface area (Å²) in [5, 5.41) is 15.1. The minimum Gasteiger partial charge on any atom is -0.373 e. The van der Waals surface area contributed by atoms with E-state index in [9.17, 15) is 4.79 Å². The van der Waals surface area contributed by atoms with Crippen LogP contribution in [-0.2, 0) is 16.1 Å². The van der Waals surface area contributed by atoms with E-state index in [1.165, 1.54) is 11.3 Å². The molecule has 1 N–H and O–H groups in total. The first-order valence-electron chi connectivity index (χ1n) is 6.49. The van der Waals surface area contributed by atoms with Gasteiger partial charge in [0, 0.05) is 24.9 Å². The summed E-state index contributed by atoms with van der Waals surface area (Å²) < 4.78 is 7.53. The summed E-state index contributed by atoms with van der Waals surface area (Å²) >= 11 is 1.30. The van der Waals surface area contributed by atoms with E-state index in [2.05, 4.69) is 20.6 Å². The SMILES string of the molecule is CCn1cc([C@H]2OCC[C@@H]2C(=O)Nc2nncs2)cn1. The highest BCUT2D eigenvalue weighted by molar-refractivity contribution is 7.13. The third-order valence-electron chi connectivity index (χ3n) is 3.32. The molecule has 20 heavy (non-hydrogen) atoms. The molecule has 1 aliphatic heterocycles. The maximum Gasteiger partial charge on any atom is 0.232 e. The number of carbonyl (C=O) groups is 1. The van der Waals surface area contributed by atoms with E-state index < -0.39 is 0 Å². The lowest BCUT2D eigenvalue weighted by atomic mass is 9.96. The van der Waals surface area contributed by atoms with Gasteiger partial charge in [-0.2, -0.15) is 5.10 Å². The summed E-state index contributed by atoms with van der Waals surface area (Å²) in [5.74, 6) is -0.290. The van der Waals surface area contributed by atoms with Crippen molar-refractivity contribution < 1.29 is 9.53 Å². The number of hydrogen-bond acceptors (Lipinski definition) is 6. The summed E-state index contributed by atoms with van der Waals surface area (Å²) in [6.07, 6.45) is 4.17. The molecule has 0 aromatic carbocycles. The molecule has 0 bridgehead atoms. The van der Waals surface area contributed by atoms with Crippen molar-refractivity contribution in [3.63, 3.8) is 0 Å². The highest BCUT2D eigenvalue weighted by Gasteiger charge is 2.36. The molecule has 3 rings (SSSR count). The molecule has 106 valence electrons. The normalized spacial score (nSPS) is 22.1. The van der Waals surface area contributed by atoms with Gasteiger partial charge in [0.05, 0.1) is 18.2 Å². The minimum atomic E-state index is -0.233. The van der Waals surface area contributed by atoms with Crippen LogP contribution in [-0.4, -0.2) is 32.5 Å². The van der Waals surface area contributed by atoms with Crippen molar-refractivity contribution in [2.75, 3.05) is 11.9 Å². The number of carbonyl (C=O) groups excluding carboxylic acids is 1. The van der Waals surface area contributed by atoms with E-state index in [0.717, 1.165) is 12.1 Å². The first-order chi connectivity index (χ1) is 9.78. The Morgan fingerprint density at radius 1 is 1.65 bits per heavy atom. The number of nitrogens with zero attached hydrogens (tertiary/aromatic N) is 4. The zero-order valence-electron chi connectivity index (χ0n) is 11.0. The average Bonchev–Trinajstić information content (AvgIpc) is 3.19. The molecular weight excluding hydrogens is 278 g/mol. The predicted molar refractivity (Wildman–Crippen MR) is 73.2 cm³/mol. The van der Waals surface area contributed by atoms with Gasteiger partial charge in [0.15, 0.2) is 0 Å². The maximum absolute atomic E-state index is 12.3. The minimum absolute atomic E-state index is 0.0755. The van der Waals surface area contributed by atoms with E-state index in [0.29, 0.717) is 18.2 Å². The van der Waals surface area contributed by atoms with E-state index in [1.54, 1.807) is 11.7 Å². The van der Waals surface area contributed by atoms with Crippen LogP contribution >= 0.6 is 11.3 Å². The van der Waals surface area contributed by atoms with Gasteiger partial charge in [-0.05, 0) is 13.3 Å². The molecular formula is C12H15N5O2S. The molecule has 8 heteroatoms. The lowest BCUT2D eigenvalue weighted by Crippen LogP contribution is -2.25. The largest absolute Gasteiger partial charge is 0.373 e. The van der Waals surface area contributed by atoms with Gasteiger partial charge in [-0.15, -0.1) is 10.2 Å². The molecule has 2 aromatic heterocycles. The molecule has 2 atom stereocenters. The highest BCUT2D eigenvalue weighted by atomic mass is 32.1. The van der Waals surface area contributed by atoms with Crippen LogP contribution < -0.4 is 5.32 Å². The van der Waals surface area contributed by atoms with Crippen LogP contribution in [0.5, 0.6) is 0 Å². The number of ether oxygens (including phenoxy) is 1. The number of rotatable bonds is 4. The Bertz CT molecular complexity index is 582. The molecule has 1 aliphatic rings. The second kappa shape index (κ2) is 5.68. The van der Waals surface area contributed by atoms with Crippen molar-refractivity contribution in [1.29, 1.82) is 0 Å². The van der Waals surface area contributed by atoms with E-state index in [1.807, 2.05) is 17.8 Å². The van der Waals surface area contributed by atoms with Crippen molar-refractivity contribution in [2.24, 2.45) is 5.92 Å². The van der Waals surface area contributed by atoms with Gasteiger partial charge < -0.3 is 10.1 Å². The van der Waals surface area contributed by atoms with Crippen molar-refractivity contribution in [3.05, 3.63) is 23.5 Å². The molecule has 1 saturated heterocycles. The van der Waals surface area contributed by atoms with Crippen molar-refractivity contribution in [3.8, 4) is 0 Å². The Balaban J connectivity index is 1.73. The smallest absolute Gasteiger partial charge is 0.232 e. The van der Waals surface area contributed by atoms with Gasteiger partial charge in [-0.3, -0.25) is 9.48 Å². The van der Waals surface area contributed by atoms with Gasteiger partial charge in [-0.1, -0.05) is 11.3 Å². The zero-order valence-corrected chi connectivity index (χ0v) is 11.8. The first-order valence-corrected chi connectivity index (χ1v) is 7.37. The summed E-state index contributed by atoms with van der Waals surface area (Å²) in [6.45, 7) is 3.40. The predicted octanol–water partition coefficient (Wildman–Crippen LogP) is 1.47. The molecule has 7 nitrogen and oxygen atoms in total. The fraction of sp³-hybridized carbons (Fsp3) is 0.500. The van der Waals surface area contributed by atoms with Gasteiger partial charge >= 0.3 is 0 Å². The molecule has 0 unspecified atom stereocenters. The first kappa shape index (κ1) is 13.2. The Labute approximate surface area is 120 Å². The van der Waals surface area contributed by atoms with Crippen LogP contribution in [0.2, 0.25) is 0 Å². The Morgan fingerprint density at radius 3 is 3.25 bits per heavy atom. The lowest BCUT2D eigenvalue weighted by Gasteiger charge is -2.15. The molecule has 0 aliphatic carbocycles. The topological polar surface area (TPSA) is 81.9 Å². The van der Waals surface area contributed by atoms with Crippen LogP contribution in [0.1, 0.15) is 25.0 Å². The second-order valence-electron chi connectivity index (χ2n) is 4.55. The van der Waals surface area contributed by atoms with Crippen LogP contribution in [0, 0.1) is 5.92 Å². The van der Waals surface area contributed by atoms with Crippen LogP contribution in [0.3, 0.4) is 0 Å². The second-order valence-corrected chi connectivity index (χ2v) is 5.38. The van der Waals surface area contributed by atoms with Gasteiger partial charge in [0.1, 0.15) is 5.51 Å². The number of hydrogen-bond donors (Lipinski definition) is 1. The number of amides is 1. The molecule has 0 radical (unpaired) electrons.